The zero-order valence-electron chi connectivity index (χ0n) is 10.3. The van der Waals surface area contributed by atoms with Crippen LogP contribution >= 0.6 is 7.60 Å². The molecule has 0 unspecified atom stereocenters. The number of hydrogen-bond acceptors (Lipinski definition) is 2. The van der Waals surface area contributed by atoms with E-state index in [1.54, 1.807) is 12.1 Å². The molecule has 4 N–H and O–H groups in total. The summed E-state index contributed by atoms with van der Waals surface area (Å²) < 4.78 is 10.9. The van der Waals surface area contributed by atoms with Gasteiger partial charge in [-0.15, -0.1) is 0 Å². The Hall–Kier alpha value is -0.670. The maximum atomic E-state index is 10.9. The molecule has 0 aliphatic rings. The summed E-state index contributed by atoms with van der Waals surface area (Å²) in [6.07, 6.45) is 1.45. The molecule has 0 heterocycles. The highest BCUT2D eigenvalue weighted by Crippen LogP contribution is 2.39. The van der Waals surface area contributed by atoms with Crippen LogP contribution in [0.2, 0.25) is 0 Å². The summed E-state index contributed by atoms with van der Waals surface area (Å²) >= 11 is 0. The van der Waals surface area contributed by atoms with Gasteiger partial charge in [0, 0.05) is 5.54 Å². The summed E-state index contributed by atoms with van der Waals surface area (Å²) in [5, 5.41) is 0. The predicted octanol–water partition coefficient (Wildman–Crippen LogP) is 2.34. The zero-order valence-corrected chi connectivity index (χ0v) is 11.2. The lowest BCUT2D eigenvalue weighted by molar-refractivity contribution is 0.371. The minimum Gasteiger partial charge on any atom is -0.324 e. The van der Waals surface area contributed by atoms with Crippen LogP contribution < -0.4 is 5.73 Å². The zero-order chi connectivity index (χ0) is 13.1. The first-order valence-corrected chi connectivity index (χ1v) is 7.53. The van der Waals surface area contributed by atoms with Crippen molar-refractivity contribution in [1.82, 2.24) is 0 Å². The second-order valence-electron chi connectivity index (χ2n) is 4.38. The van der Waals surface area contributed by atoms with Crippen molar-refractivity contribution in [1.29, 1.82) is 0 Å². The summed E-state index contributed by atoms with van der Waals surface area (Å²) in [4.78, 5) is 17.8. The fourth-order valence-electron chi connectivity index (χ4n) is 1.84. The molecule has 0 spiro atoms. The summed E-state index contributed by atoms with van der Waals surface area (Å²) in [7, 11) is -3.99. The van der Waals surface area contributed by atoms with E-state index in [9.17, 15) is 4.57 Å². The SMILES string of the molecule is CCC(N)(CC)c1ccc(CP(=O)(O)O)cc1. The quantitative estimate of drug-likeness (QED) is 0.707. The lowest BCUT2D eigenvalue weighted by Gasteiger charge is -2.27. The normalized spacial score (nSPS) is 12.8. The van der Waals surface area contributed by atoms with Gasteiger partial charge in [-0.1, -0.05) is 38.1 Å². The molecule has 0 radical (unpaired) electrons. The third kappa shape index (κ3) is 3.93. The van der Waals surface area contributed by atoms with Gasteiger partial charge in [0.1, 0.15) is 0 Å². The molecule has 1 aromatic carbocycles. The van der Waals surface area contributed by atoms with Crippen LogP contribution in [0, 0.1) is 0 Å². The molecule has 0 bridgehead atoms. The van der Waals surface area contributed by atoms with Crippen LogP contribution in [0.5, 0.6) is 0 Å². The average molecular weight is 257 g/mol. The van der Waals surface area contributed by atoms with Gasteiger partial charge in [-0.05, 0) is 24.0 Å². The summed E-state index contributed by atoms with van der Waals surface area (Å²) in [6, 6.07) is 7.19. The van der Waals surface area contributed by atoms with E-state index in [1.165, 1.54) is 0 Å². The van der Waals surface area contributed by atoms with Crippen LogP contribution in [0.15, 0.2) is 24.3 Å². The maximum absolute atomic E-state index is 10.9. The van der Waals surface area contributed by atoms with Crippen molar-refractivity contribution >= 4 is 7.60 Å². The van der Waals surface area contributed by atoms with E-state index in [0.29, 0.717) is 5.56 Å². The van der Waals surface area contributed by atoms with Crippen LogP contribution in [-0.4, -0.2) is 9.79 Å². The van der Waals surface area contributed by atoms with Crippen LogP contribution in [0.25, 0.3) is 0 Å². The van der Waals surface area contributed by atoms with Crippen molar-refractivity contribution in [2.45, 2.75) is 38.4 Å². The van der Waals surface area contributed by atoms with Crippen molar-refractivity contribution in [2.24, 2.45) is 5.73 Å². The summed E-state index contributed by atoms with van der Waals surface area (Å²) in [5.74, 6) is 0. The number of hydrogen-bond donors (Lipinski definition) is 3. The Morgan fingerprint density at radius 2 is 1.65 bits per heavy atom. The van der Waals surface area contributed by atoms with E-state index < -0.39 is 7.60 Å². The van der Waals surface area contributed by atoms with E-state index in [0.717, 1.165) is 18.4 Å². The topological polar surface area (TPSA) is 83.6 Å². The average Bonchev–Trinajstić information content (AvgIpc) is 2.27. The van der Waals surface area contributed by atoms with E-state index in [2.05, 4.69) is 0 Å². The summed E-state index contributed by atoms with van der Waals surface area (Å²) in [6.45, 7) is 4.07. The van der Waals surface area contributed by atoms with Gasteiger partial charge in [0.2, 0.25) is 0 Å². The van der Waals surface area contributed by atoms with Crippen LogP contribution in [0.4, 0.5) is 0 Å². The van der Waals surface area contributed by atoms with Crippen LogP contribution in [-0.2, 0) is 16.3 Å². The van der Waals surface area contributed by atoms with Gasteiger partial charge in [0.25, 0.3) is 0 Å². The standard InChI is InChI=1S/C12H20NO3P/c1-3-12(13,4-2)11-7-5-10(6-8-11)9-17(14,15)16/h5-8H,3-4,9,13H2,1-2H3,(H2,14,15,16). The van der Waals surface area contributed by atoms with Gasteiger partial charge >= 0.3 is 7.60 Å². The molecule has 5 heteroatoms. The molecule has 1 aromatic rings. The Morgan fingerprint density at radius 1 is 1.18 bits per heavy atom. The van der Waals surface area contributed by atoms with E-state index >= 15 is 0 Å². The van der Waals surface area contributed by atoms with E-state index in [-0.39, 0.29) is 11.7 Å². The van der Waals surface area contributed by atoms with Gasteiger partial charge in [0.05, 0.1) is 6.16 Å². The van der Waals surface area contributed by atoms with Crippen molar-refractivity contribution in [3.63, 3.8) is 0 Å². The molecule has 17 heavy (non-hydrogen) atoms. The number of nitrogens with two attached hydrogens (primary N) is 1. The first-order chi connectivity index (χ1) is 7.80. The molecule has 0 aliphatic heterocycles. The molecule has 96 valence electrons. The van der Waals surface area contributed by atoms with Crippen molar-refractivity contribution in [3.8, 4) is 0 Å². The second kappa shape index (κ2) is 5.32. The lowest BCUT2D eigenvalue weighted by atomic mass is 9.85. The molecular weight excluding hydrogens is 237 g/mol. The third-order valence-electron chi connectivity index (χ3n) is 3.18. The fraction of sp³-hybridized carbons (Fsp3) is 0.500. The Morgan fingerprint density at radius 3 is 2.00 bits per heavy atom. The van der Waals surface area contributed by atoms with E-state index in [4.69, 9.17) is 15.5 Å². The summed E-state index contributed by atoms with van der Waals surface area (Å²) in [5.41, 5.74) is 7.54. The highest BCUT2D eigenvalue weighted by Gasteiger charge is 2.23. The van der Waals surface area contributed by atoms with Gasteiger partial charge in [-0.2, -0.15) is 0 Å². The predicted molar refractivity (Wildman–Crippen MR) is 68.6 cm³/mol. The van der Waals surface area contributed by atoms with Gasteiger partial charge in [0.15, 0.2) is 0 Å². The number of benzene rings is 1. The Labute approximate surface area is 102 Å². The minimum atomic E-state index is -3.99. The molecule has 0 fully saturated rings. The largest absolute Gasteiger partial charge is 0.329 e. The van der Waals surface area contributed by atoms with Gasteiger partial charge in [-0.3, -0.25) is 4.57 Å². The van der Waals surface area contributed by atoms with Crippen LogP contribution in [0.3, 0.4) is 0 Å². The van der Waals surface area contributed by atoms with Crippen LogP contribution in [0.1, 0.15) is 37.8 Å². The maximum Gasteiger partial charge on any atom is 0.329 e. The fourth-order valence-corrected chi connectivity index (χ4v) is 2.52. The van der Waals surface area contributed by atoms with Crippen molar-refractivity contribution in [2.75, 3.05) is 0 Å². The molecule has 0 saturated heterocycles. The Bertz CT molecular complexity index is 406. The highest BCUT2D eigenvalue weighted by molar-refractivity contribution is 7.50. The first-order valence-electron chi connectivity index (χ1n) is 5.73. The first kappa shape index (κ1) is 14.4. The molecule has 0 amide bonds. The molecule has 0 saturated carbocycles. The minimum absolute atomic E-state index is 0.219. The second-order valence-corrected chi connectivity index (χ2v) is 6.03. The molecule has 4 nitrogen and oxygen atoms in total. The van der Waals surface area contributed by atoms with Gasteiger partial charge in [-0.25, -0.2) is 0 Å². The Kier molecular flexibility index (Phi) is 4.50. The van der Waals surface area contributed by atoms with Crippen molar-refractivity contribution in [3.05, 3.63) is 35.4 Å². The smallest absolute Gasteiger partial charge is 0.324 e. The van der Waals surface area contributed by atoms with Gasteiger partial charge < -0.3 is 15.5 Å². The Balaban J connectivity index is 2.92. The molecule has 0 aliphatic carbocycles. The molecule has 0 atom stereocenters. The highest BCUT2D eigenvalue weighted by atomic mass is 31.2. The van der Waals surface area contributed by atoms with Crippen molar-refractivity contribution < 1.29 is 14.4 Å². The number of rotatable bonds is 5. The monoisotopic (exact) mass is 257 g/mol. The molecule has 0 aromatic heterocycles. The molecule has 1 rings (SSSR count). The lowest BCUT2D eigenvalue weighted by Crippen LogP contribution is -2.34. The third-order valence-corrected chi connectivity index (χ3v) is 3.96. The molecular formula is C12H20NO3P. The van der Waals surface area contributed by atoms with E-state index in [1.807, 2.05) is 26.0 Å².